The van der Waals surface area contributed by atoms with Gasteiger partial charge in [-0.2, -0.15) is 0 Å². The lowest BCUT2D eigenvalue weighted by atomic mass is 9.78. The van der Waals surface area contributed by atoms with E-state index in [1.807, 2.05) is 0 Å². The number of ether oxygens (including phenoxy) is 1. The summed E-state index contributed by atoms with van der Waals surface area (Å²) >= 11 is 0. The number of methoxy groups -OCH3 is 1. The van der Waals surface area contributed by atoms with Crippen molar-refractivity contribution >= 4 is 17.8 Å². The zero-order valence-electron chi connectivity index (χ0n) is 12.2. The van der Waals surface area contributed by atoms with Crippen LogP contribution in [0.3, 0.4) is 0 Å². The number of hydrogen-bond acceptors (Lipinski definition) is 4. The topological polar surface area (TPSA) is 92.7 Å². The number of nitrogens with one attached hydrogen (secondary N) is 1. The van der Waals surface area contributed by atoms with Crippen LogP contribution in [0.4, 0.5) is 0 Å². The van der Waals surface area contributed by atoms with Crippen LogP contribution >= 0.6 is 0 Å². The number of carboxylic acid groups (broad SMARTS) is 1. The van der Waals surface area contributed by atoms with Gasteiger partial charge >= 0.3 is 11.9 Å². The van der Waals surface area contributed by atoms with Crippen molar-refractivity contribution in [1.29, 1.82) is 0 Å². The highest BCUT2D eigenvalue weighted by Crippen LogP contribution is 2.30. The lowest BCUT2D eigenvalue weighted by Crippen LogP contribution is -2.49. The normalized spacial score (nSPS) is 24.0. The van der Waals surface area contributed by atoms with Gasteiger partial charge < -0.3 is 15.2 Å². The summed E-state index contributed by atoms with van der Waals surface area (Å²) in [4.78, 5) is 35.1. The van der Waals surface area contributed by atoms with E-state index in [2.05, 4.69) is 10.1 Å². The van der Waals surface area contributed by atoms with Gasteiger partial charge in [0.2, 0.25) is 5.91 Å². The Morgan fingerprint density at radius 3 is 2.15 bits per heavy atom. The maximum atomic E-state index is 12.3. The van der Waals surface area contributed by atoms with E-state index in [-0.39, 0.29) is 11.8 Å². The first-order valence-electron chi connectivity index (χ1n) is 6.99. The molecule has 1 aliphatic carbocycles. The fourth-order valence-corrected chi connectivity index (χ4v) is 2.63. The molecule has 114 valence electrons. The van der Waals surface area contributed by atoms with Crippen molar-refractivity contribution in [1.82, 2.24) is 5.32 Å². The minimum absolute atomic E-state index is 0.113. The van der Waals surface area contributed by atoms with Crippen LogP contribution in [0.25, 0.3) is 0 Å². The fourth-order valence-electron chi connectivity index (χ4n) is 2.63. The fraction of sp³-hybridized carbons (Fsp3) is 0.786. The minimum Gasteiger partial charge on any atom is -0.481 e. The molecule has 6 heteroatoms. The van der Waals surface area contributed by atoms with Crippen LogP contribution < -0.4 is 5.32 Å². The maximum absolute atomic E-state index is 12.3. The molecule has 1 aliphatic rings. The summed E-state index contributed by atoms with van der Waals surface area (Å²) in [5.41, 5.74) is 0. The third-order valence-corrected chi connectivity index (χ3v) is 3.84. The number of amides is 1. The third kappa shape index (κ3) is 3.95. The van der Waals surface area contributed by atoms with Gasteiger partial charge in [-0.3, -0.25) is 9.59 Å². The lowest BCUT2D eigenvalue weighted by Gasteiger charge is -2.29. The van der Waals surface area contributed by atoms with E-state index in [0.717, 1.165) is 12.8 Å². The number of aliphatic carboxylic acids is 1. The molecule has 0 heterocycles. The van der Waals surface area contributed by atoms with Gasteiger partial charge in [0.1, 0.15) is 6.04 Å². The Morgan fingerprint density at radius 1 is 1.15 bits per heavy atom. The van der Waals surface area contributed by atoms with Crippen molar-refractivity contribution in [3.63, 3.8) is 0 Å². The molecule has 1 fully saturated rings. The second-order valence-corrected chi connectivity index (χ2v) is 5.59. The van der Waals surface area contributed by atoms with E-state index >= 15 is 0 Å². The first-order chi connectivity index (χ1) is 9.38. The van der Waals surface area contributed by atoms with Crippen LogP contribution in [0.5, 0.6) is 0 Å². The number of esters is 1. The van der Waals surface area contributed by atoms with Gasteiger partial charge in [-0.15, -0.1) is 0 Å². The van der Waals surface area contributed by atoms with E-state index in [0.29, 0.717) is 12.8 Å². The lowest BCUT2D eigenvalue weighted by molar-refractivity contribution is -0.151. The SMILES string of the molecule is COC(=O)[C@@H](NC(=O)[C@@H]1CCCC[C@@H]1C(=O)O)C(C)C. The summed E-state index contributed by atoms with van der Waals surface area (Å²) in [7, 11) is 1.27. The number of rotatable bonds is 5. The summed E-state index contributed by atoms with van der Waals surface area (Å²) in [5.74, 6) is -3.14. The van der Waals surface area contributed by atoms with Gasteiger partial charge in [0.15, 0.2) is 0 Å². The quantitative estimate of drug-likeness (QED) is 0.740. The minimum atomic E-state index is -0.941. The number of carboxylic acids is 1. The highest BCUT2D eigenvalue weighted by atomic mass is 16.5. The van der Waals surface area contributed by atoms with Crippen molar-refractivity contribution in [3.05, 3.63) is 0 Å². The summed E-state index contributed by atoms with van der Waals surface area (Å²) in [6.07, 6.45) is 2.73. The highest BCUT2D eigenvalue weighted by Gasteiger charge is 2.37. The summed E-state index contributed by atoms with van der Waals surface area (Å²) in [6, 6.07) is -0.733. The molecule has 3 atom stereocenters. The highest BCUT2D eigenvalue weighted by molar-refractivity contribution is 5.88. The van der Waals surface area contributed by atoms with E-state index in [9.17, 15) is 19.5 Å². The van der Waals surface area contributed by atoms with Crippen molar-refractivity contribution in [2.75, 3.05) is 7.11 Å². The molecule has 2 N–H and O–H groups in total. The molecule has 0 bridgehead atoms. The Kier molecular flexibility index (Phi) is 5.98. The van der Waals surface area contributed by atoms with Crippen molar-refractivity contribution in [2.24, 2.45) is 17.8 Å². The second kappa shape index (κ2) is 7.26. The molecule has 0 aromatic heterocycles. The predicted octanol–water partition coefficient (Wildman–Crippen LogP) is 1.19. The average Bonchev–Trinajstić information content (AvgIpc) is 2.43. The van der Waals surface area contributed by atoms with Gasteiger partial charge in [0.05, 0.1) is 18.9 Å². The molecule has 0 saturated heterocycles. The van der Waals surface area contributed by atoms with E-state index in [1.54, 1.807) is 13.8 Å². The average molecular weight is 285 g/mol. The number of carbonyl (C=O) groups is 3. The van der Waals surface area contributed by atoms with Crippen LogP contribution in [0.1, 0.15) is 39.5 Å². The summed E-state index contributed by atoms with van der Waals surface area (Å²) in [5, 5.41) is 11.8. The summed E-state index contributed by atoms with van der Waals surface area (Å²) in [6.45, 7) is 3.61. The molecule has 1 amide bonds. The van der Waals surface area contributed by atoms with Crippen LogP contribution in [0.2, 0.25) is 0 Å². The van der Waals surface area contributed by atoms with Crippen molar-refractivity contribution in [3.8, 4) is 0 Å². The van der Waals surface area contributed by atoms with Crippen LogP contribution in [-0.2, 0) is 19.1 Å². The van der Waals surface area contributed by atoms with Gasteiger partial charge in [-0.1, -0.05) is 26.7 Å². The standard InChI is InChI=1S/C14H23NO5/c1-8(2)11(14(19)20-3)15-12(16)9-6-4-5-7-10(9)13(17)18/h8-11H,4-7H2,1-3H3,(H,15,16)(H,17,18)/t9-,10+,11+/m1/s1. The Labute approximate surface area is 118 Å². The molecule has 1 rings (SSSR count). The zero-order valence-corrected chi connectivity index (χ0v) is 12.2. The molecular formula is C14H23NO5. The Hall–Kier alpha value is -1.59. The molecule has 6 nitrogen and oxygen atoms in total. The molecule has 0 spiro atoms. The molecule has 0 aromatic carbocycles. The smallest absolute Gasteiger partial charge is 0.328 e. The largest absolute Gasteiger partial charge is 0.481 e. The Balaban J connectivity index is 2.76. The van der Waals surface area contributed by atoms with E-state index in [4.69, 9.17) is 0 Å². The van der Waals surface area contributed by atoms with Gasteiger partial charge in [-0.05, 0) is 18.8 Å². The van der Waals surface area contributed by atoms with Crippen LogP contribution in [0.15, 0.2) is 0 Å². The molecule has 0 unspecified atom stereocenters. The van der Waals surface area contributed by atoms with Crippen LogP contribution in [0, 0.1) is 17.8 Å². The molecule has 20 heavy (non-hydrogen) atoms. The second-order valence-electron chi connectivity index (χ2n) is 5.59. The molecule has 0 aliphatic heterocycles. The number of hydrogen-bond donors (Lipinski definition) is 2. The van der Waals surface area contributed by atoms with Crippen molar-refractivity contribution in [2.45, 2.75) is 45.6 Å². The van der Waals surface area contributed by atoms with Gasteiger partial charge in [-0.25, -0.2) is 4.79 Å². The first-order valence-corrected chi connectivity index (χ1v) is 6.99. The molecule has 0 radical (unpaired) electrons. The molecule has 0 aromatic rings. The monoisotopic (exact) mass is 285 g/mol. The molecular weight excluding hydrogens is 262 g/mol. The van der Waals surface area contributed by atoms with Crippen molar-refractivity contribution < 1.29 is 24.2 Å². The van der Waals surface area contributed by atoms with Gasteiger partial charge in [0, 0.05) is 0 Å². The predicted molar refractivity (Wildman–Crippen MR) is 71.9 cm³/mol. The molecule has 1 saturated carbocycles. The van der Waals surface area contributed by atoms with E-state index < -0.39 is 29.8 Å². The summed E-state index contributed by atoms with van der Waals surface area (Å²) < 4.78 is 4.67. The third-order valence-electron chi connectivity index (χ3n) is 3.84. The Bertz CT molecular complexity index is 380. The zero-order chi connectivity index (χ0) is 15.3. The van der Waals surface area contributed by atoms with Crippen LogP contribution in [-0.4, -0.2) is 36.1 Å². The Morgan fingerprint density at radius 2 is 1.70 bits per heavy atom. The van der Waals surface area contributed by atoms with Gasteiger partial charge in [0.25, 0.3) is 0 Å². The first kappa shape index (κ1) is 16.5. The number of carbonyl (C=O) groups excluding carboxylic acids is 2. The maximum Gasteiger partial charge on any atom is 0.328 e. The van der Waals surface area contributed by atoms with E-state index in [1.165, 1.54) is 7.11 Å².